The molecule has 0 saturated carbocycles. The van der Waals surface area contributed by atoms with Gasteiger partial charge in [0.15, 0.2) is 0 Å². The van der Waals surface area contributed by atoms with Crippen LogP contribution in [0.1, 0.15) is 33.6 Å². The number of rotatable bonds is 5. The first kappa shape index (κ1) is 22.6. The Morgan fingerprint density at radius 1 is 1.13 bits per heavy atom. The summed E-state index contributed by atoms with van der Waals surface area (Å²) in [7, 11) is -1.95. The van der Waals surface area contributed by atoms with Gasteiger partial charge in [0, 0.05) is 45.3 Å². The van der Waals surface area contributed by atoms with E-state index >= 15 is 0 Å². The van der Waals surface area contributed by atoms with Gasteiger partial charge in [-0.2, -0.15) is 4.31 Å². The van der Waals surface area contributed by atoms with Crippen molar-refractivity contribution in [2.45, 2.75) is 38.5 Å². The summed E-state index contributed by atoms with van der Waals surface area (Å²) >= 11 is 0. The van der Waals surface area contributed by atoms with E-state index in [2.05, 4.69) is 11.8 Å². The van der Waals surface area contributed by atoms with Crippen molar-refractivity contribution in [3.8, 4) is 5.75 Å². The van der Waals surface area contributed by atoms with Crippen molar-refractivity contribution >= 4 is 21.6 Å². The largest absolute Gasteiger partial charge is 0.495 e. The highest BCUT2D eigenvalue weighted by atomic mass is 32.2. The molecule has 2 saturated heterocycles. The Hall–Kier alpha value is -2.06. The highest BCUT2D eigenvalue weighted by Crippen LogP contribution is 2.33. The number of nitrogens with zero attached hydrogens (tertiary/aromatic N) is 3. The lowest BCUT2D eigenvalue weighted by atomic mass is 10.0. The zero-order valence-electron chi connectivity index (χ0n) is 18.4. The van der Waals surface area contributed by atoms with Crippen molar-refractivity contribution in [1.29, 1.82) is 0 Å². The molecule has 0 bridgehead atoms. The van der Waals surface area contributed by atoms with Gasteiger partial charge >= 0.3 is 0 Å². The van der Waals surface area contributed by atoms with E-state index in [-0.39, 0.29) is 5.91 Å². The number of piperidine rings is 1. The summed E-state index contributed by atoms with van der Waals surface area (Å²) in [5.74, 6) is 1.04. The summed E-state index contributed by atoms with van der Waals surface area (Å²) in [5, 5.41) is 0. The van der Waals surface area contributed by atoms with E-state index in [1.807, 2.05) is 18.7 Å². The van der Waals surface area contributed by atoms with Crippen LogP contribution < -0.4 is 9.64 Å². The molecule has 1 aromatic rings. The zero-order chi connectivity index (χ0) is 21.9. The van der Waals surface area contributed by atoms with Gasteiger partial charge in [-0.05, 0) is 50.8 Å². The minimum Gasteiger partial charge on any atom is -0.495 e. The van der Waals surface area contributed by atoms with Crippen molar-refractivity contribution < 1.29 is 17.9 Å². The van der Waals surface area contributed by atoms with Gasteiger partial charge in [-0.1, -0.05) is 12.5 Å². The lowest BCUT2D eigenvalue weighted by molar-refractivity contribution is -0.126. The van der Waals surface area contributed by atoms with Crippen LogP contribution in [0.25, 0.3) is 0 Å². The van der Waals surface area contributed by atoms with E-state index in [0.717, 1.165) is 24.1 Å². The Balaban J connectivity index is 1.80. The predicted molar refractivity (Wildman–Crippen MR) is 118 cm³/mol. The molecule has 1 aromatic carbocycles. The number of hydrogen-bond donors (Lipinski definition) is 0. The van der Waals surface area contributed by atoms with Crippen LogP contribution in [0.2, 0.25) is 0 Å². The van der Waals surface area contributed by atoms with Crippen LogP contribution in [0.4, 0.5) is 5.69 Å². The molecule has 2 aliphatic rings. The SMILES string of the molecule is COc1ccc(S(=O)(=O)N2CCC[C@H](C)C2)cc1N1CCN(C(=O)C=C(C)C)CC1. The first-order valence-corrected chi connectivity index (χ1v) is 12.0. The third kappa shape index (κ3) is 4.98. The quantitative estimate of drug-likeness (QED) is 0.665. The van der Waals surface area contributed by atoms with Crippen LogP contribution in [0.5, 0.6) is 5.75 Å². The summed E-state index contributed by atoms with van der Waals surface area (Å²) in [6, 6.07) is 5.09. The maximum absolute atomic E-state index is 13.2. The van der Waals surface area contributed by atoms with Gasteiger partial charge < -0.3 is 14.5 Å². The Kier molecular flexibility index (Phi) is 7.08. The van der Waals surface area contributed by atoms with E-state index in [0.29, 0.717) is 55.8 Å². The second-order valence-corrected chi connectivity index (χ2v) is 10.4. The second kappa shape index (κ2) is 9.39. The number of ether oxygens (including phenoxy) is 1. The fourth-order valence-corrected chi connectivity index (χ4v) is 5.72. The predicted octanol–water partition coefficient (Wildman–Crippen LogP) is 2.73. The lowest BCUT2D eigenvalue weighted by Gasteiger charge is -2.36. The fraction of sp³-hybridized carbons (Fsp3) is 0.591. The highest BCUT2D eigenvalue weighted by Gasteiger charge is 2.30. The zero-order valence-corrected chi connectivity index (χ0v) is 19.2. The molecule has 2 fully saturated rings. The van der Waals surface area contributed by atoms with E-state index < -0.39 is 10.0 Å². The molecule has 1 amide bonds. The molecular formula is C22H33N3O4S. The van der Waals surface area contributed by atoms with Crippen LogP contribution in [0.15, 0.2) is 34.7 Å². The average molecular weight is 436 g/mol. The van der Waals surface area contributed by atoms with Gasteiger partial charge in [0.2, 0.25) is 15.9 Å². The van der Waals surface area contributed by atoms with Gasteiger partial charge in [-0.25, -0.2) is 8.42 Å². The monoisotopic (exact) mass is 435 g/mol. The third-order valence-electron chi connectivity index (χ3n) is 5.75. The number of anilines is 1. The molecule has 7 nitrogen and oxygen atoms in total. The van der Waals surface area contributed by atoms with Gasteiger partial charge in [0.05, 0.1) is 17.7 Å². The summed E-state index contributed by atoms with van der Waals surface area (Å²) in [6.07, 6.45) is 3.61. The summed E-state index contributed by atoms with van der Waals surface area (Å²) in [5.41, 5.74) is 1.74. The maximum Gasteiger partial charge on any atom is 0.246 e. The number of amides is 1. The van der Waals surface area contributed by atoms with Crippen molar-refractivity contribution in [3.63, 3.8) is 0 Å². The maximum atomic E-state index is 13.2. The average Bonchev–Trinajstić information content (AvgIpc) is 2.73. The smallest absolute Gasteiger partial charge is 0.246 e. The molecular weight excluding hydrogens is 402 g/mol. The van der Waals surface area contributed by atoms with Gasteiger partial charge in [-0.15, -0.1) is 0 Å². The number of carbonyl (C=O) groups is 1. The highest BCUT2D eigenvalue weighted by molar-refractivity contribution is 7.89. The Bertz CT molecular complexity index is 901. The molecule has 0 aromatic heterocycles. The molecule has 30 heavy (non-hydrogen) atoms. The molecule has 3 rings (SSSR count). The standard InChI is InChI=1S/C22H33N3O4S/c1-17(2)14-22(26)24-12-10-23(11-13-24)20-15-19(7-8-21(20)29-4)30(27,28)25-9-5-6-18(3)16-25/h7-8,14-15,18H,5-6,9-13,16H2,1-4H3/t18-/m0/s1. The number of methoxy groups -OCH3 is 1. The summed E-state index contributed by atoms with van der Waals surface area (Å²) < 4.78 is 33.6. The Morgan fingerprint density at radius 2 is 1.83 bits per heavy atom. The van der Waals surface area contributed by atoms with E-state index in [1.54, 1.807) is 35.7 Å². The molecule has 2 aliphatic heterocycles. The van der Waals surface area contributed by atoms with Crippen LogP contribution in [-0.2, 0) is 14.8 Å². The molecule has 8 heteroatoms. The van der Waals surface area contributed by atoms with Gasteiger partial charge in [0.25, 0.3) is 0 Å². The summed E-state index contributed by atoms with van der Waals surface area (Å²) in [6.45, 7) is 9.48. The molecule has 0 unspecified atom stereocenters. The Morgan fingerprint density at radius 3 is 2.43 bits per heavy atom. The normalized spacial score (nSPS) is 20.7. The number of carbonyl (C=O) groups excluding carboxylic acids is 1. The second-order valence-electron chi connectivity index (χ2n) is 8.48. The molecule has 2 heterocycles. The van der Waals surface area contributed by atoms with Crippen LogP contribution in [0.3, 0.4) is 0 Å². The minimum atomic E-state index is -3.54. The third-order valence-corrected chi connectivity index (χ3v) is 7.61. The van der Waals surface area contributed by atoms with Crippen LogP contribution >= 0.6 is 0 Å². The van der Waals surface area contributed by atoms with Crippen molar-refractivity contribution in [2.75, 3.05) is 51.3 Å². The van der Waals surface area contributed by atoms with Crippen molar-refractivity contribution in [3.05, 3.63) is 29.8 Å². The first-order valence-electron chi connectivity index (χ1n) is 10.6. The first-order chi connectivity index (χ1) is 14.2. The van der Waals surface area contributed by atoms with E-state index in [9.17, 15) is 13.2 Å². The number of sulfonamides is 1. The van der Waals surface area contributed by atoms with Crippen molar-refractivity contribution in [2.24, 2.45) is 5.92 Å². The van der Waals surface area contributed by atoms with Crippen molar-refractivity contribution in [1.82, 2.24) is 9.21 Å². The number of hydrogen-bond acceptors (Lipinski definition) is 5. The van der Waals surface area contributed by atoms with Crippen LogP contribution in [0, 0.1) is 5.92 Å². The lowest BCUT2D eigenvalue weighted by Crippen LogP contribution is -2.48. The summed E-state index contributed by atoms with van der Waals surface area (Å²) in [4.78, 5) is 16.5. The molecule has 0 spiro atoms. The molecule has 1 atom stereocenters. The van der Waals surface area contributed by atoms with E-state index in [1.165, 1.54) is 0 Å². The van der Waals surface area contributed by atoms with Gasteiger partial charge in [0.1, 0.15) is 5.75 Å². The molecule has 0 aliphatic carbocycles. The number of piperazine rings is 1. The number of benzene rings is 1. The van der Waals surface area contributed by atoms with Crippen LogP contribution in [-0.4, -0.2) is 69.9 Å². The molecule has 0 radical (unpaired) electrons. The molecule has 166 valence electrons. The van der Waals surface area contributed by atoms with Gasteiger partial charge in [-0.3, -0.25) is 4.79 Å². The number of allylic oxidation sites excluding steroid dienone is 1. The molecule has 0 N–H and O–H groups in total. The minimum absolute atomic E-state index is 0.0251. The van der Waals surface area contributed by atoms with E-state index in [4.69, 9.17) is 4.74 Å². The fourth-order valence-electron chi connectivity index (χ4n) is 4.10. The topological polar surface area (TPSA) is 70.2 Å². The Labute approximate surface area is 180 Å².